The van der Waals surface area contributed by atoms with Gasteiger partial charge < -0.3 is 24.1 Å². The van der Waals surface area contributed by atoms with Crippen molar-refractivity contribution in [2.75, 3.05) is 39.2 Å². The molecule has 6 nitrogen and oxygen atoms in total. The molecular formula is C23H30N2O4. The van der Waals surface area contributed by atoms with Crippen LogP contribution in [-0.4, -0.2) is 44.8 Å². The average molecular weight is 399 g/mol. The first-order valence-corrected chi connectivity index (χ1v) is 10.9. The quantitative estimate of drug-likeness (QED) is 0.776. The molecule has 29 heavy (non-hydrogen) atoms. The first-order valence-electron chi connectivity index (χ1n) is 10.9. The van der Waals surface area contributed by atoms with E-state index in [1.54, 1.807) is 20.3 Å². The van der Waals surface area contributed by atoms with E-state index in [2.05, 4.69) is 10.2 Å². The minimum absolute atomic E-state index is 0.242. The third-order valence-electron chi connectivity index (χ3n) is 7.22. The topological polar surface area (TPSA) is 63.9 Å². The van der Waals surface area contributed by atoms with Crippen LogP contribution < -0.4 is 20.4 Å². The van der Waals surface area contributed by atoms with E-state index in [0.29, 0.717) is 23.0 Å². The van der Waals surface area contributed by atoms with Crippen LogP contribution in [0.15, 0.2) is 21.3 Å². The summed E-state index contributed by atoms with van der Waals surface area (Å²) in [5, 5.41) is 4.41. The van der Waals surface area contributed by atoms with E-state index in [9.17, 15) is 4.79 Å². The van der Waals surface area contributed by atoms with Crippen molar-refractivity contribution in [2.24, 2.45) is 11.8 Å². The van der Waals surface area contributed by atoms with Crippen LogP contribution in [0, 0.1) is 11.8 Å². The highest BCUT2D eigenvalue weighted by Crippen LogP contribution is 2.39. The zero-order valence-corrected chi connectivity index (χ0v) is 17.3. The number of benzene rings is 1. The Kier molecular flexibility index (Phi) is 4.90. The largest absolute Gasteiger partial charge is 0.493 e. The molecule has 2 bridgehead atoms. The van der Waals surface area contributed by atoms with Gasteiger partial charge in [-0.1, -0.05) is 0 Å². The summed E-state index contributed by atoms with van der Waals surface area (Å²) in [7, 11) is 3.20. The molecule has 6 heteroatoms. The molecule has 4 heterocycles. The van der Waals surface area contributed by atoms with Gasteiger partial charge >= 0.3 is 5.63 Å². The molecule has 2 aromatic rings. The standard InChI is InChI=1S/C23H30N2O4/c1-27-20-10-17-19(11-21(20)28-2)29-23(26)18-9-15(12-24-22(17)18)7-8-25-13-14-3-5-16(25)6-4-14/h10-11,14-16,24H,3-9,12-13H2,1-2H3. The number of nitrogens with one attached hydrogen (secondary N) is 1. The summed E-state index contributed by atoms with van der Waals surface area (Å²) in [4.78, 5) is 15.4. The van der Waals surface area contributed by atoms with Crippen LogP contribution in [0.5, 0.6) is 11.5 Å². The van der Waals surface area contributed by atoms with Crippen molar-refractivity contribution in [3.63, 3.8) is 0 Å². The summed E-state index contributed by atoms with van der Waals surface area (Å²) >= 11 is 0. The average Bonchev–Trinajstić information content (AvgIpc) is 2.77. The van der Waals surface area contributed by atoms with Crippen LogP contribution in [0.1, 0.15) is 37.7 Å². The van der Waals surface area contributed by atoms with Crippen molar-refractivity contribution >= 4 is 16.7 Å². The molecule has 3 aliphatic heterocycles. The highest BCUT2D eigenvalue weighted by molar-refractivity contribution is 5.94. The first kappa shape index (κ1) is 18.8. The fourth-order valence-corrected chi connectivity index (χ4v) is 5.56. The van der Waals surface area contributed by atoms with Gasteiger partial charge in [-0.15, -0.1) is 0 Å². The van der Waals surface area contributed by atoms with Gasteiger partial charge in [0.1, 0.15) is 5.58 Å². The van der Waals surface area contributed by atoms with Crippen LogP contribution in [0.4, 0.5) is 5.69 Å². The number of ether oxygens (including phenoxy) is 2. The summed E-state index contributed by atoms with van der Waals surface area (Å²) in [6, 6.07) is 4.42. The maximum Gasteiger partial charge on any atom is 0.341 e. The van der Waals surface area contributed by atoms with Crippen LogP contribution in [0.3, 0.4) is 0 Å². The van der Waals surface area contributed by atoms with Gasteiger partial charge in [0.25, 0.3) is 0 Å². The molecule has 2 saturated heterocycles. The SMILES string of the molecule is COc1cc2oc(=O)c3c(c2cc1OC)NCC(CCN1CC2CCC1CC2)C3. The van der Waals surface area contributed by atoms with Gasteiger partial charge in [-0.25, -0.2) is 4.79 Å². The van der Waals surface area contributed by atoms with E-state index in [0.717, 1.165) is 54.5 Å². The van der Waals surface area contributed by atoms with Crippen molar-refractivity contribution in [2.45, 2.75) is 44.6 Å². The van der Waals surface area contributed by atoms with Crippen molar-refractivity contribution in [1.82, 2.24) is 4.90 Å². The van der Waals surface area contributed by atoms with Crippen molar-refractivity contribution in [3.05, 3.63) is 28.1 Å². The fourth-order valence-electron chi connectivity index (χ4n) is 5.56. The van der Waals surface area contributed by atoms with Gasteiger partial charge in [0.2, 0.25) is 0 Å². The third kappa shape index (κ3) is 3.37. The van der Waals surface area contributed by atoms with E-state index in [-0.39, 0.29) is 5.63 Å². The second-order valence-electron chi connectivity index (χ2n) is 8.86. The summed E-state index contributed by atoms with van der Waals surface area (Å²) < 4.78 is 16.4. The molecule has 156 valence electrons. The Morgan fingerprint density at radius 2 is 1.90 bits per heavy atom. The molecule has 0 spiro atoms. The van der Waals surface area contributed by atoms with Crippen LogP contribution in [-0.2, 0) is 6.42 Å². The molecular weight excluding hydrogens is 368 g/mol. The van der Waals surface area contributed by atoms with Gasteiger partial charge in [0, 0.05) is 30.6 Å². The molecule has 0 radical (unpaired) electrons. The maximum atomic E-state index is 12.7. The molecule has 1 aliphatic carbocycles. The number of piperidine rings is 2. The molecule has 4 aliphatic rings. The lowest BCUT2D eigenvalue weighted by atomic mass is 9.79. The lowest BCUT2D eigenvalue weighted by Gasteiger charge is -2.46. The normalized spacial score (nSPS) is 26.2. The molecule has 1 atom stereocenters. The summed E-state index contributed by atoms with van der Waals surface area (Å²) in [5.74, 6) is 2.58. The lowest BCUT2D eigenvalue weighted by molar-refractivity contribution is 0.0448. The Balaban J connectivity index is 1.36. The van der Waals surface area contributed by atoms with Gasteiger partial charge in [0.05, 0.1) is 25.5 Å². The maximum absolute atomic E-state index is 12.7. The monoisotopic (exact) mass is 398 g/mol. The summed E-state index contributed by atoms with van der Waals surface area (Å²) in [6.45, 7) is 3.31. The minimum Gasteiger partial charge on any atom is -0.493 e. The van der Waals surface area contributed by atoms with Gasteiger partial charge in [-0.05, 0) is 63.0 Å². The predicted molar refractivity (Wildman–Crippen MR) is 113 cm³/mol. The number of rotatable bonds is 5. The molecule has 0 amide bonds. The van der Waals surface area contributed by atoms with Crippen LogP contribution >= 0.6 is 0 Å². The van der Waals surface area contributed by atoms with E-state index in [1.165, 1.54) is 32.2 Å². The number of fused-ring (bicyclic) bond motifs is 6. The third-order valence-corrected chi connectivity index (χ3v) is 7.22. The van der Waals surface area contributed by atoms with Crippen molar-refractivity contribution in [1.29, 1.82) is 0 Å². The molecule has 1 N–H and O–H groups in total. The van der Waals surface area contributed by atoms with E-state index in [4.69, 9.17) is 13.9 Å². The Morgan fingerprint density at radius 3 is 2.59 bits per heavy atom. The number of methoxy groups -OCH3 is 2. The molecule has 1 saturated carbocycles. The van der Waals surface area contributed by atoms with Crippen molar-refractivity contribution in [3.8, 4) is 11.5 Å². The van der Waals surface area contributed by atoms with Crippen molar-refractivity contribution < 1.29 is 13.9 Å². The second kappa shape index (κ2) is 7.56. The Morgan fingerprint density at radius 1 is 1.14 bits per heavy atom. The fraction of sp³-hybridized carbons (Fsp3) is 0.609. The predicted octanol–water partition coefficient (Wildman–Crippen LogP) is 3.66. The highest BCUT2D eigenvalue weighted by Gasteiger charge is 2.34. The lowest BCUT2D eigenvalue weighted by Crippen LogP contribution is -2.48. The Hall–Kier alpha value is -2.21. The van der Waals surface area contributed by atoms with Crippen LogP contribution in [0.25, 0.3) is 11.0 Å². The van der Waals surface area contributed by atoms with Crippen LogP contribution in [0.2, 0.25) is 0 Å². The Bertz CT molecular complexity index is 961. The van der Waals surface area contributed by atoms with E-state index in [1.807, 2.05) is 6.07 Å². The zero-order valence-electron chi connectivity index (χ0n) is 17.3. The number of hydrogen-bond acceptors (Lipinski definition) is 6. The summed E-state index contributed by atoms with van der Waals surface area (Å²) in [6.07, 6.45) is 7.48. The minimum atomic E-state index is -0.242. The molecule has 6 rings (SSSR count). The van der Waals surface area contributed by atoms with Gasteiger partial charge in [-0.3, -0.25) is 0 Å². The molecule has 1 aromatic heterocycles. The second-order valence-corrected chi connectivity index (χ2v) is 8.86. The van der Waals surface area contributed by atoms with E-state index >= 15 is 0 Å². The molecule has 1 unspecified atom stereocenters. The summed E-state index contributed by atoms with van der Waals surface area (Å²) in [5.41, 5.74) is 1.95. The molecule has 3 fully saturated rings. The van der Waals surface area contributed by atoms with Gasteiger partial charge in [-0.2, -0.15) is 0 Å². The van der Waals surface area contributed by atoms with E-state index < -0.39 is 0 Å². The smallest absolute Gasteiger partial charge is 0.341 e. The Labute approximate surface area is 171 Å². The highest BCUT2D eigenvalue weighted by atomic mass is 16.5. The zero-order chi connectivity index (χ0) is 20.0. The molecule has 1 aromatic carbocycles. The number of hydrogen-bond donors (Lipinski definition) is 1. The first-order chi connectivity index (χ1) is 14.2. The van der Waals surface area contributed by atoms with Gasteiger partial charge in [0.15, 0.2) is 11.5 Å². The number of anilines is 1. The number of nitrogens with zero attached hydrogens (tertiary/aromatic N) is 1.